The molecule has 116 valence electrons. The SMILES string of the molecule is Cc1cc(S(N)(=O)=O)ccc1C(=O)N(CC1CC1)C(C)C. The molecule has 1 aliphatic rings. The molecule has 1 amide bonds. The maximum Gasteiger partial charge on any atom is 0.254 e. The van der Waals surface area contributed by atoms with Gasteiger partial charge in [-0.25, -0.2) is 13.6 Å². The van der Waals surface area contributed by atoms with Gasteiger partial charge in [0.25, 0.3) is 5.91 Å². The summed E-state index contributed by atoms with van der Waals surface area (Å²) in [5.41, 5.74) is 1.17. The van der Waals surface area contributed by atoms with E-state index in [0.29, 0.717) is 17.0 Å². The highest BCUT2D eigenvalue weighted by Crippen LogP contribution is 2.31. The Kier molecular flexibility index (Phi) is 4.39. The molecular formula is C15H22N2O3S. The molecular weight excluding hydrogens is 288 g/mol. The summed E-state index contributed by atoms with van der Waals surface area (Å²) in [6, 6.07) is 4.53. The summed E-state index contributed by atoms with van der Waals surface area (Å²) in [5, 5.41) is 5.11. The molecule has 6 heteroatoms. The molecule has 21 heavy (non-hydrogen) atoms. The molecule has 0 unspecified atom stereocenters. The number of nitrogens with zero attached hydrogens (tertiary/aromatic N) is 1. The summed E-state index contributed by atoms with van der Waals surface area (Å²) >= 11 is 0. The first-order valence-electron chi connectivity index (χ1n) is 7.14. The third-order valence-corrected chi connectivity index (χ3v) is 4.70. The van der Waals surface area contributed by atoms with Gasteiger partial charge in [0.2, 0.25) is 10.0 Å². The highest BCUT2D eigenvalue weighted by atomic mass is 32.2. The Morgan fingerprint density at radius 3 is 2.43 bits per heavy atom. The lowest BCUT2D eigenvalue weighted by molar-refractivity contribution is 0.0695. The fourth-order valence-corrected chi connectivity index (χ4v) is 2.91. The first-order valence-corrected chi connectivity index (χ1v) is 8.69. The molecule has 1 saturated carbocycles. The Hall–Kier alpha value is -1.40. The second kappa shape index (κ2) is 5.77. The monoisotopic (exact) mass is 310 g/mol. The summed E-state index contributed by atoms with van der Waals surface area (Å²) in [5.74, 6) is 0.565. The van der Waals surface area contributed by atoms with Crippen LogP contribution < -0.4 is 5.14 Å². The topological polar surface area (TPSA) is 80.5 Å². The first-order chi connectivity index (χ1) is 9.70. The lowest BCUT2D eigenvalue weighted by Crippen LogP contribution is -2.38. The van der Waals surface area contributed by atoms with Gasteiger partial charge in [-0.2, -0.15) is 0 Å². The van der Waals surface area contributed by atoms with E-state index in [1.165, 1.54) is 25.0 Å². The zero-order valence-electron chi connectivity index (χ0n) is 12.7. The molecule has 2 N–H and O–H groups in total. The minimum Gasteiger partial charge on any atom is -0.336 e. The normalized spacial score (nSPS) is 15.3. The van der Waals surface area contributed by atoms with E-state index < -0.39 is 10.0 Å². The molecule has 0 radical (unpaired) electrons. The number of aryl methyl sites for hydroxylation is 1. The number of hydrogen-bond donors (Lipinski definition) is 1. The predicted molar refractivity (Wildman–Crippen MR) is 81.4 cm³/mol. The van der Waals surface area contributed by atoms with Crippen LogP contribution in [0.4, 0.5) is 0 Å². The van der Waals surface area contributed by atoms with Crippen LogP contribution in [0.15, 0.2) is 23.1 Å². The smallest absolute Gasteiger partial charge is 0.254 e. The van der Waals surface area contributed by atoms with Crippen LogP contribution in [0.1, 0.15) is 42.6 Å². The summed E-state index contributed by atoms with van der Waals surface area (Å²) in [6.07, 6.45) is 2.36. The van der Waals surface area contributed by atoms with Crippen molar-refractivity contribution in [2.45, 2.75) is 44.6 Å². The number of carbonyl (C=O) groups is 1. The van der Waals surface area contributed by atoms with E-state index in [4.69, 9.17) is 5.14 Å². The van der Waals surface area contributed by atoms with Crippen molar-refractivity contribution in [1.29, 1.82) is 0 Å². The molecule has 0 heterocycles. The van der Waals surface area contributed by atoms with Crippen molar-refractivity contribution < 1.29 is 13.2 Å². The lowest BCUT2D eigenvalue weighted by Gasteiger charge is -2.27. The van der Waals surface area contributed by atoms with E-state index in [1.54, 1.807) is 13.0 Å². The van der Waals surface area contributed by atoms with E-state index in [-0.39, 0.29) is 16.8 Å². The second-order valence-corrected chi connectivity index (χ2v) is 7.58. The van der Waals surface area contributed by atoms with Crippen molar-refractivity contribution in [2.75, 3.05) is 6.54 Å². The molecule has 0 aliphatic heterocycles. The highest BCUT2D eigenvalue weighted by molar-refractivity contribution is 7.89. The molecule has 0 aromatic heterocycles. The largest absolute Gasteiger partial charge is 0.336 e. The third-order valence-electron chi connectivity index (χ3n) is 3.79. The second-order valence-electron chi connectivity index (χ2n) is 6.02. The molecule has 1 aromatic rings. The van der Waals surface area contributed by atoms with E-state index in [2.05, 4.69) is 0 Å². The van der Waals surface area contributed by atoms with E-state index in [9.17, 15) is 13.2 Å². The minimum atomic E-state index is -3.74. The van der Waals surface area contributed by atoms with Crippen molar-refractivity contribution in [3.63, 3.8) is 0 Å². The molecule has 0 spiro atoms. The Morgan fingerprint density at radius 2 is 2.00 bits per heavy atom. The van der Waals surface area contributed by atoms with Gasteiger partial charge >= 0.3 is 0 Å². The van der Waals surface area contributed by atoms with Gasteiger partial charge in [0, 0.05) is 18.2 Å². The van der Waals surface area contributed by atoms with Gasteiger partial charge in [0.05, 0.1) is 4.90 Å². The quantitative estimate of drug-likeness (QED) is 0.902. The number of primary sulfonamides is 1. The Morgan fingerprint density at radius 1 is 1.38 bits per heavy atom. The fourth-order valence-electron chi connectivity index (χ4n) is 2.31. The number of sulfonamides is 1. The van der Waals surface area contributed by atoms with Crippen LogP contribution in [0, 0.1) is 12.8 Å². The van der Waals surface area contributed by atoms with Crippen molar-refractivity contribution in [3.8, 4) is 0 Å². The van der Waals surface area contributed by atoms with E-state index >= 15 is 0 Å². The van der Waals surface area contributed by atoms with Crippen molar-refractivity contribution >= 4 is 15.9 Å². The standard InChI is InChI=1S/C15H22N2O3S/c1-10(2)17(9-12-4-5-12)15(18)14-7-6-13(8-11(14)3)21(16,19)20/h6-8,10,12H,4-5,9H2,1-3H3,(H2,16,19,20). The van der Waals surface area contributed by atoms with Crippen molar-refractivity contribution in [3.05, 3.63) is 29.3 Å². The predicted octanol–water partition coefficient (Wildman–Crippen LogP) is 1.90. The van der Waals surface area contributed by atoms with Crippen molar-refractivity contribution in [2.24, 2.45) is 11.1 Å². The summed E-state index contributed by atoms with van der Waals surface area (Å²) in [7, 11) is -3.74. The van der Waals surface area contributed by atoms with Gasteiger partial charge in [-0.05, 0) is 63.3 Å². The zero-order chi connectivity index (χ0) is 15.8. The van der Waals surface area contributed by atoms with E-state index in [0.717, 1.165) is 6.54 Å². The Balaban J connectivity index is 2.29. The van der Waals surface area contributed by atoms with E-state index in [1.807, 2.05) is 18.7 Å². The van der Waals surface area contributed by atoms with Crippen LogP contribution >= 0.6 is 0 Å². The van der Waals surface area contributed by atoms with Crippen LogP contribution in [0.2, 0.25) is 0 Å². The molecule has 0 bridgehead atoms. The Bertz CT molecular complexity index is 649. The molecule has 5 nitrogen and oxygen atoms in total. The first kappa shape index (κ1) is 16.0. The average molecular weight is 310 g/mol. The van der Waals surface area contributed by atoms with Gasteiger partial charge in [-0.1, -0.05) is 0 Å². The third kappa shape index (κ3) is 3.83. The number of nitrogens with two attached hydrogens (primary N) is 1. The van der Waals surface area contributed by atoms with Gasteiger partial charge in [0.1, 0.15) is 0 Å². The molecule has 0 atom stereocenters. The van der Waals surface area contributed by atoms with Gasteiger partial charge in [-0.3, -0.25) is 4.79 Å². The maximum atomic E-state index is 12.7. The Labute approximate surface area is 126 Å². The van der Waals surface area contributed by atoms with Crippen LogP contribution in [0.5, 0.6) is 0 Å². The number of benzene rings is 1. The van der Waals surface area contributed by atoms with Crippen LogP contribution in [0.25, 0.3) is 0 Å². The number of carbonyl (C=O) groups excluding carboxylic acids is 1. The van der Waals surface area contributed by atoms with Crippen LogP contribution in [-0.2, 0) is 10.0 Å². The van der Waals surface area contributed by atoms with Gasteiger partial charge in [0.15, 0.2) is 0 Å². The van der Waals surface area contributed by atoms with Crippen LogP contribution in [-0.4, -0.2) is 31.8 Å². The van der Waals surface area contributed by atoms with Gasteiger partial charge < -0.3 is 4.90 Å². The summed E-state index contributed by atoms with van der Waals surface area (Å²) in [4.78, 5) is 14.6. The molecule has 1 aliphatic carbocycles. The molecule has 2 rings (SSSR count). The number of amides is 1. The molecule has 1 fully saturated rings. The molecule has 0 saturated heterocycles. The highest BCUT2D eigenvalue weighted by Gasteiger charge is 2.29. The average Bonchev–Trinajstić information content (AvgIpc) is 3.17. The fraction of sp³-hybridized carbons (Fsp3) is 0.533. The summed E-state index contributed by atoms with van der Waals surface area (Å²) in [6.45, 7) is 6.49. The summed E-state index contributed by atoms with van der Waals surface area (Å²) < 4.78 is 22.7. The minimum absolute atomic E-state index is 0.0369. The van der Waals surface area contributed by atoms with Crippen molar-refractivity contribution in [1.82, 2.24) is 4.90 Å². The number of hydrogen-bond acceptors (Lipinski definition) is 3. The van der Waals surface area contributed by atoms with Gasteiger partial charge in [-0.15, -0.1) is 0 Å². The van der Waals surface area contributed by atoms with Crippen LogP contribution in [0.3, 0.4) is 0 Å². The lowest BCUT2D eigenvalue weighted by atomic mass is 10.1. The zero-order valence-corrected chi connectivity index (χ0v) is 13.5. The maximum absolute atomic E-state index is 12.7. The molecule has 1 aromatic carbocycles. The number of rotatable bonds is 5.